The van der Waals surface area contributed by atoms with Gasteiger partial charge in [-0.15, -0.1) is 0 Å². The summed E-state index contributed by atoms with van der Waals surface area (Å²) in [4.78, 5) is 4.22. The lowest BCUT2D eigenvalue weighted by Gasteiger charge is -2.29. The van der Waals surface area contributed by atoms with Crippen molar-refractivity contribution in [3.8, 4) is 0 Å². The fourth-order valence-corrected chi connectivity index (χ4v) is 2.20. The van der Waals surface area contributed by atoms with Crippen molar-refractivity contribution in [1.82, 2.24) is 10.3 Å². The minimum absolute atomic E-state index is 0.521. The predicted molar refractivity (Wildman–Crippen MR) is 52.0 cm³/mol. The summed E-state index contributed by atoms with van der Waals surface area (Å²) in [6, 6.07) is 2.58. The first-order chi connectivity index (χ1) is 5.79. The van der Waals surface area contributed by atoms with Crippen LogP contribution in [-0.4, -0.2) is 11.5 Å². The van der Waals surface area contributed by atoms with Crippen molar-refractivity contribution >= 4 is 15.9 Å². The lowest BCUT2D eigenvalue weighted by Crippen LogP contribution is -2.35. The van der Waals surface area contributed by atoms with Crippen molar-refractivity contribution in [2.75, 3.05) is 6.54 Å². The number of rotatable bonds is 1. The Kier molecular flexibility index (Phi) is 2.15. The first kappa shape index (κ1) is 8.20. The topological polar surface area (TPSA) is 24.9 Å². The van der Waals surface area contributed by atoms with Crippen LogP contribution in [0.1, 0.15) is 23.6 Å². The average Bonchev–Trinajstić information content (AvgIpc) is 1.93. The number of halogens is 1. The normalized spacial score (nSPS) is 22.0. The van der Waals surface area contributed by atoms with Crippen LogP contribution in [0.15, 0.2) is 16.9 Å². The maximum absolute atomic E-state index is 4.22. The summed E-state index contributed by atoms with van der Waals surface area (Å²) in [6.45, 7) is 3.26. The Balaban J connectivity index is 2.39. The van der Waals surface area contributed by atoms with Gasteiger partial charge in [0.15, 0.2) is 0 Å². The summed E-state index contributed by atoms with van der Waals surface area (Å²) in [5.74, 6) is 0. The highest BCUT2D eigenvalue weighted by Crippen LogP contribution is 2.30. The van der Waals surface area contributed by atoms with Gasteiger partial charge >= 0.3 is 0 Å². The number of aromatic nitrogens is 1. The molecule has 1 aliphatic heterocycles. The van der Waals surface area contributed by atoms with Crippen LogP contribution in [0, 0.1) is 6.92 Å². The molecule has 1 aromatic rings. The monoisotopic (exact) mass is 226 g/mol. The first-order valence-electron chi connectivity index (χ1n) is 4.13. The second-order valence-electron chi connectivity index (χ2n) is 3.13. The SMILES string of the molecule is Cc1ccnc(Br)c1C1CCN1. The van der Waals surface area contributed by atoms with Crippen LogP contribution in [0.25, 0.3) is 0 Å². The quantitative estimate of drug-likeness (QED) is 0.744. The molecule has 0 aliphatic carbocycles. The molecule has 1 fully saturated rings. The number of hydrogen-bond acceptors (Lipinski definition) is 2. The molecular formula is C9H11BrN2. The van der Waals surface area contributed by atoms with Gasteiger partial charge in [0, 0.05) is 17.8 Å². The highest BCUT2D eigenvalue weighted by atomic mass is 79.9. The Morgan fingerprint density at radius 3 is 2.92 bits per heavy atom. The van der Waals surface area contributed by atoms with E-state index in [0.717, 1.165) is 11.1 Å². The van der Waals surface area contributed by atoms with Gasteiger partial charge < -0.3 is 5.32 Å². The van der Waals surface area contributed by atoms with Crippen LogP contribution in [0.3, 0.4) is 0 Å². The standard InChI is InChI=1S/C9H11BrN2/c1-6-2-4-12-9(10)8(6)7-3-5-11-7/h2,4,7,11H,3,5H2,1H3. The van der Waals surface area contributed by atoms with Crippen molar-refractivity contribution in [1.29, 1.82) is 0 Å². The maximum atomic E-state index is 4.22. The second kappa shape index (κ2) is 3.15. The molecule has 2 heterocycles. The molecule has 0 spiro atoms. The van der Waals surface area contributed by atoms with Gasteiger partial charge in [-0.25, -0.2) is 4.98 Å². The predicted octanol–water partition coefficient (Wildman–Crippen LogP) is 2.19. The van der Waals surface area contributed by atoms with Crippen LogP contribution in [0.4, 0.5) is 0 Å². The number of aryl methyl sites for hydroxylation is 1. The molecule has 0 radical (unpaired) electrons. The molecule has 1 saturated heterocycles. The molecular weight excluding hydrogens is 216 g/mol. The summed E-state index contributed by atoms with van der Waals surface area (Å²) in [7, 11) is 0. The largest absolute Gasteiger partial charge is 0.310 e. The van der Waals surface area contributed by atoms with E-state index in [4.69, 9.17) is 0 Å². The van der Waals surface area contributed by atoms with Gasteiger partial charge in [0.25, 0.3) is 0 Å². The van der Waals surface area contributed by atoms with E-state index in [-0.39, 0.29) is 0 Å². The highest BCUT2D eigenvalue weighted by molar-refractivity contribution is 9.10. The van der Waals surface area contributed by atoms with E-state index >= 15 is 0 Å². The van der Waals surface area contributed by atoms with Gasteiger partial charge in [0.05, 0.1) is 0 Å². The zero-order chi connectivity index (χ0) is 8.55. The minimum Gasteiger partial charge on any atom is -0.310 e. The molecule has 2 nitrogen and oxygen atoms in total. The molecule has 0 aromatic carbocycles. The highest BCUT2D eigenvalue weighted by Gasteiger charge is 2.22. The molecule has 1 aromatic heterocycles. The third kappa shape index (κ3) is 1.27. The Morgan fingerprint density at radius 1 is 1.67 bits per heavy atom. The van der Waals surface area contributed by atoms with Gasteiger partial charge in [0.1, 0.15) is 4.60 Å². The Bertz CT molecular complexity index is 274. The van der Waals surface area contributed by atoms with E-state index in [1.807, 2.05) is 6.20 Å². The summed E-state index contributed by atoms with van der Waals surface area (Å²) >= 11 is 3.47. The summed E-state index contributed by atoms with van der Waals surface area (Å²) in [5.41, 5.74) is 2.64. The fraction of sp³-hybridized carbons (Fsp3) is 0.444. The van der Waals surface area contributed by atoms with Crippen molar-refractivity contribution in [2.45, 2.75) is 19.4 Å². The molecule has 3 heteroatoms. The summed E-state index contributed by atoms with van der Waals surface area (Å²) in [5, 5.41) is 3.37. The van der Waals surface area contributed by atoms with E-state index < -0.39 is 0 Å². The van der Waals surface area contributed by atoms with Crippen LogP contribution >= 0.6 is 15.9 Å². The maximum Gasteiger partial charge on any atom is 0.111 e. The molecule has 0 saturated carbocycles. The Morgan fingerprint density at radius 2 is 2.42 bits per heavy atom. The zero-order valence-corrected chi connectivity index (χ0v) is 8.56. The van der Waals surface area contributed by atoms with E-state index in [2.05, 4.69) is 39.2 Å². The second-order valence-corrected chi connectivity index (χ2v) is 3.88. The summed E-state index contributed by atoms with van der Waals surface area (Å²) in [6.07, 6.45) is 3.06. The number of hydrogen-bond donors (Lipinski definition) is 1. The molecule has 64 valence electrons. The van der Waals surface area contributed by atoms with E-state index in [9.17, 15) is 0 Å². The number of pyridine rings is 1. The first-order valence-corrected chi connectivity index (χ1v) is 4.92. The average molecular weight is 227 g/mol. The molecule has 0 bridgehead atoms. The molecule has 1 N–H and O–H groups in total. The number of nitrogens with one attached hydrogen (secondary N) is 1. The van der Waals surface area contributed by atoms with Crippen molar-refractivity contribution in [3.63, 3.8) is 0 Å². The summed E-state index contributed by atoms with van der Waals surface area (Å²) < 4.78 is 0.986. The van der Waals surface area contributed by atoms with Crippen LogP contribution in [-0.2, 0) is 0 Å². The molecule has 12 heavy (non-hydrogen) atoms. The van der Waals surface area contributed by atoms with Crippen LogP contribution in [0.2, 0.25) is 0 Å². The van der Waals surface area contributed by atoms with Crippen molar-refractivity contribution in [2.24, 2.45) is 0 Å². The molecule has 1 aliphatic rings. The van der Waals surface area contributed by atoms with Gasteiger partial charge in [-0.1, -0.05) is 0 Å². The molecule has 0 amide bonds. The van der Waals surface area contributed by atoms with Crippen molar-refractivity contribution in [3.05, 3.63) is 28.0 Å². The number of nitrogens with zero attached hydrogens (tertiary/aromatic N) is 1. The smallest absolute Gasteiger partial charge is 0.111 e. The minimum atomic E-state index is 0.521. The molecule has 1 atom stereocenters. The lowest BCUT2D eigenvalue weighted by molar-refractivity contribution is 0.379. The van der Waals surface area contributed by atoms with Crippen molar-refractivity contribution < 1.29 is 0 Å². The van der Waals surface area contributed by atoms with Gasteiger partial charge in [-0.05, 0) is 47.4 Å². The Hall–Kier alpha value is -0.410. The van der Waals surface area contributed by atoms with Gasteiger partial charge in [-0.3, -0.25) is 0 Å². The lowest BCUT2D eigenvalue weighted by atomic mass is 9.96. The van der Waals surface area contributed by atoms with E-state index in [1.54, 1.807) is 0 Å². The fourth-order valence-electron chi connectivity index (χ4n) is 1.49. The van der Waals surface area contributed by atoms with E-state index in [1.165, 1.54) is 17.5 Å². The third-order valence-corrected chi connectivity index (χ3v) is 2.96. The van der Waals surface area contributed by atoms with Gasteiger partial charge in [-0.2, -0.15) is 0 Å². The zero-order valence-electron chi connectivity index (χ0n) is 6.97. The Labute approximate surface area is 80.5 Å². The third-order valence-electron chi connectivity index (χ3n) is 2.33. The molecule has 2 rings (SSSR count). The van der Waals surface area contributed by atoms with Crippen LogP contribution in [0.5, 0.6) is 0 Å². The molecule has 1 unspecified atom stereocenters. The van der Waals surface area contributed by atoms with Gasteiger partial charge in [0.2, 0.25) is 0 Å². The van der Waals surface area contributed by atoms with E-state index in [0.29, 0.717) is 6.04 Å². The van der Waals surface area contributed by atoms with Crippen LogP contribution < -0.4 is 5.32 Å².